The standard InChI is InChI=1S/C25H42N7O18P3S/c1-13(33)8-16(35)54-7-6-27-15(34)4-5-28-23(38)20(37)25(2,3)10-47-53(44,45)50-52(42,43)46-9-14-19(49-51(39,40)41)18(36)24(48-14)32-12-31-17-21(26)29-11-30-22(17)32/h11-14,18-20,24,33,36-37H,4-10H2,1-3H3,(H,27,34)(H,28,38)(H,42,43)(H,44,45)(H2,26,29,30)(H2,39,40,41)/t13?,14-,18-,19-,20?,24+/m1/s1. The first-order valence-electron chi connectivity index (χ1n) is 15.6. The van der Waals surface area contributed by atoms with Crippen LogP contribution in [0.2, 0.25) is 0 Å². The number of rotatable bonds is 21. The predicted molar refractivity (Wildman–Crippen MR) is 183 cm³/mol. The number of nitrogens with two attached hydrogens (primary N) is 1. The lowest BCUT2D eigenvalue weighted by Gasteiger charge is -2.30. The lowest BCUT2D eigenvalue weighted by atomic mass is 9.87. The average molecular weight is 854 g/mol. The molecule has 1 aliphatic heterocycles. The Morgan fingerprint density at radius 3 is 2.37 bits per heavy atom. The van der Waals surface area contributed by atoms with Gasteiger partial charge in [-0.3, -0.25) is 32.5 Å². The number of nitrogens with zero attached hydrogens (tertiary/aromatic N) is 4. The third-order valence-corrected chi connectivity index (χ3v) is 11.2. The van der Waals surface area contributed by atoms with E-state index in [0.717, 1.165) is 29.0 Å². The van der Waals surface area contributed by atoms with E-state index in [4.69, 9.17) is 19.5 Å². The Morgan fingerprint density at radius 1 is 1.06 bits per heavy atom. The number of thioether (sulfide) groups is 1. The van der Waals surface area contributed by atoms with Gasteiger partial charge in [-0.15, -0.1) is 0 Å². The molecule has 0 bridgehead atoms. The largest absolute Gasteiger partial charge is 0.481 e. The van der Waals surface area contributed by atoms with Crippen molar-refractivity contribution in [3.8, 4) is 0 Å². The van der Waals surface area contributed by atoms with Gasteiger partial charge >= 0.3 is 23.5 Å². The van der Waals surface area contributed by atoms with E-state index >= 15 is 0 Å². The first-order valence-corrected chi connectivity index (χ1v) is 21.1. The highest BCUT2D eigenvalue weighted by molar-refractivity contribution is 8.13. The topological polar surface area (TPSA) is 384 Å². The number of aliphatic hydroxyl groups excluding tert-OH is 3. The Kier molecular flexibility index (Phi) is 16.2. The van der Waals surface area contributed by atoms with Gasteiger partial charge in [-0.2, -0.15) is 4.31 Å². The van der Waals surface area contributed by atoms with Crippen molar-refractivity contribution in [2.45, 2.75) is 70.4 Å². The molecule has 2 amide bonds. The van der Waals surface area contributed by atoms with E-state index < -0.39 is 90.7 Å². The van der Waals surface area contributed by atoms with Gasteiger partial charge < -0.3 is 56.0 Å². The van der Waals surface area contributed by atoms with Crippen LogP contribution in [0, 0.1) is 5.41 Å². The molecular weight excluding hydrogens is 811 g/mol. The number of phosphoric acid groups is 3. The van der Waals surface area contributed by atoms with E-state index in [9.17, 15) is 63.0 Å². The number of nitrogens with one attached hydrogen (secondary N) is 2. The molecule has 0 saturated carbocycles. The maximum atomic E-state index is 12.6. The molecule has 4 unspecified atom stereocenters. The molecule has 0 radical (unpaired) electrons. The molecule has 3 heterocycles. The minimum Gasteiger partial charge on any atom is -0.393 e. The number of hydrogen-bond donors (Lipinski definition) is 10. The molecular formula is C25H42N7O18P3S. The minimum absolute atomic E-state index is 0.0259. The zero-order valence-electron chi connectivity index (χ0n) is 28.8. The number of imidazole rings is 1. The molecule has 8 atom stereocenters. The van der Waals surface area contributed by atoms with Crippen LogP contribution in [0.15, 0.2) is 12.7 Å². The first-order chi connectivity index (χ1) is 24.9. The van der Waals surface area contributed by atoms with E-state index in [1.807, 2.05) is 0 Å². The summed E-state index contributed by atoms with van der Waals surface area (Å²) < 4.78 is 61.9. The van der Waals surface area contributed by atoms with Gasteiger partial charge in [0.15, 0.2) is 22.8 Å². The summed E-state index contributed by atoms with van der Waals surface area (Å²) in [6.45, 7) is 1.83. The lowest BCUT2D eigenvalue weighted by Crippen LogP contribution is -2.46. The number of nitrogen functional groups attached to an aromatic ring is 1. The zero-order chi connectivity index (χ0) is 40.6. The van der Waals surface area contributed by atoms with Crippen LogP contribution in [0.4, 0.5) is 5.82 Å². The third-order valence-electron chi connectivity index (χ3n) is 7.23. The average Bonchev–Trinajstić information content (AvgIpc) is 3.60. The normalized spacial score (nSPS) is 22.6. The van der Waals surface area contributed by atoms with Crippen LogP contribution < -0.4 is 16.4 Å². The molecule has 0 spiro atoms. The summed E-state index contributed by atoms with van der Waals surface area (Å²) in [6, 6.07) is 0. The maximum Gasteiger partial charge on any atom is 0.481 e. The van der Waals surface area contributed by atoms with Crippen molar-refractivity contribution < 1.29 is 85.6 Å². The van der Waals surface area contributed by atoms with Crippen LogP contribution in [-0.2, 0) is 50.7 Å². The van der Waals surface area contributed by atoms with E-state index in [0.29, 0.717) is 0 Å². The van der Waals surface area contributed by atoms with Crippen LogP contribution in [-0.4, -0.2) is 134 Å². The summed E-state index contributed by atoms with van der Waals surface area (Å²) in [5.74, 6) is -1.25. The summed E-state index contributed by atoms with van der Waals surface area (Å²) in [5.41, 5.74) is 4.23. The molecule has 29 heteroatoms. The molecule has 0 aromatic carbocycles. The molecule has 1 saturated heterocycles. The van der Waals surface area contributed by atoms with E-state index in [-0.39, 0.29) is 53.8 Å². The molecule has 2 aromatic rings. The Hall–Kier alpha value is -2.48. The molecule has 306 valence electrons. The molecule has 2 aromatic heterocycles. The van der Waals surface area contributed by atoms with Crippen molar-refractivity contribution in [2.75, 3.05) is 37.8 Å². The van der Waals surface area contributed by atoms with Gasteiger partial charge in [0.1, 0.15) is 36.3 Å². The van der Waals surface area contributed by atoms with Gasteiger partial charge in [0, 0.05) is 37.1 Å². The van der Waals surface area contributed by atoms with Crippen LogP contribution in [0.3, 0.4) is 0 Å². The SMILES string of the molecule is CC(O)CC(=O)SCCNC(=O)CCNC(=O)C(O)C(C)(C)COP(=O)(O)OP(=O)(O)OC[C@H]1O[C@H](n2cnc3c(N)ncnc32)[C@H](O)[C@@H]1OP(=O)(O)O. The second kappa shape index (κ2) is 19.1. The number of anilines is 1. The Labute approximate surface area is 310 Å². The highest BCUT2D eigenvalue weighted by Gasteiger charge is 2.50. The number of aliphatic hydroxyl groups is 3. The van der Waals surface area contributed by atoms with Gasteiger partial charge in [0.05, 0.1) is 25.6 Å². The fourth-order valence-corrected chi connectivity index (χ4v) is 8.22. The van der Waals surface area contributed by atoms with Crippen LogP contribution in [0.1, 0.15) is 39.8 Å². The molecule has 25 nitrogen and oxygen atoms in total. The van der Waals surface area contributed by atoms with Crippen molar-refractivity contribution in [2.24, 2.45) is 5.41 Å². The van der Waals surface area contributed by atoms with Gasteiger partial charge in [-0.25, -0.2) is 28.6 Å². The van der Waals surface area contributed by atoms with Crippen LogP contribution in [0.5, 0.6) is 0 Å². The summed E-state index contributed by atoms with van der Waals surface area (Å²) in [6.07, 6.45) is -7.79. The van der Waals surface area contributed by atoms with Gasteiger partial charge in [0.25, 0.3) is 0 Å². The summed E-state index contributed by atoms with van der Waals surface area (Å²) in [4.78, 5) is 86.9. The predicted octanol–water partition coefficient (Wildman–Crippen LogP) is -1.56. The number of amides is 2. The second-order valence-corrected chi connectivity index (χ2v) is 17.7. The van der Waals surface area contributed by atoms with E-state index in [1.54, 1.807) is 0 Å². The first kappa shape index (κ1) is 45.9. The van der Waals surface area contributed by atoms with Crippen molar-refractivity contribution in [1.29, 1.82) is 0 Å². The Balaban J connectivity index is 1.51. The summed E-state index contributed by atoms with van der Waals surface area (Å²) in [7, 11) is -16.4. The van der Waals surface area contributed by atoms with E-state index in [1.165, 1.54) is 20.8 Å². The van der Waals surface area contributed by atoms with Gasteiger partial charge in [-0.05, 0) is 6.92 Å². The van der Waals surface area contributed by atoms with Gasteiger partial charge in [-0.1, -0.05) is 25.6 Å². The fourth-order valence-electron chi connectivity index (χ4n) is 4.60. The molecule has 0 aliphatic carbocycles. The zero-order valence-corrected chi connectivity index (χ0v) is 32.3. The quantitative estimate of drug-likeness (QED) is 0.0501. The Bertz CT molecular complexity index is 1780. The fraction of sp³-hybridized carbons (Fsp3) is 0.680. The molecule has 3 rings (SSSR count). The molecule has 1 fully saturated rings. The van der Waals surface area contributed by atoms with Crippen molar-refractivity contribution in [3.63, 3.8) is 0 Å². The molecule has 1 aliphatic rings. The minimum atomic E-state index is -5.57. The van der Waals surface area contributed by atoms with Crippen molar-refractivity contribution in [1.82, 2.24) is 30.2 Å². The van der Waals surface area contributed by atoms with Crippen LogP contribution >= 0.6 is 35.2 Å². The smallest absolute Gasteiger partial charge is 0.393 e. The van der Waals surface area contributed by atoms with E-state index in [2.05, 4.69) is 34.4 Å². The highest BCUT2D eigenvalue weighted by Crippen LogP contribution is 2.61. The second-order valence-electron chi connectivity index (χ2n) is 12.3. The number of hydrogen-bond acceptors (Lipinski definition) is 19. The Morgan fingerprint density at radius 2 is 1.72 bits per heavy atom. The lowest BCUT2D eigenvalue weighted by molar-refractivity contribution is -0.137. The third kappa shape index (κ3) is 13.9. The molecule has 11 N–H and O–H groups in total. The number of carbonyl (C=O) groups excluding carboxylic acids is 3. The molecule has 54 heavy (non-hydrogen) atoms. The van der Waals surface area contributed by atoms with Gasteiger partial charge in [0.2, 0.25) is 11.8 Å². The number of phosphoric ester groups is 3. The number of fused-ring (bicyclic) bond motifs is 1. The van der Waals surface area contributed by atoms with Crippen LogP contribution in [0.25, 0.3) is 11.2 Å². The monoisotopic (exact) mass is 853 g/mol. The van der Waals surface area contributed by atoms with Crippen molar-refractivity contribution in [3.05, 3.63) is 12.7 Å². The van der Waals surface area contributed by atoms with Crippen molar-refractivity contribution >= 4 is 69.1 Å². The maximum absolute atomic E-state index is 12.6. The highest BCUT2D eigenvalue weighted by atomic mass is 32.2. The number of ether oxygens (including phenoxy) is 1. The number of carbonyl (C=O) groups is 3. The summed E-state index contributed by atoms with van der Waals surface area (Å²) in [5, 5.41) is 35.2. The summed E-state index contributed by atoms with van der Waals surface area (Å²) >= 11 is 0.939. The number of aromatic nitrogens is 4.